The summed E-state index contributed by atoms with van der Waals surface area (Å²) < 4.78 is 26.8. The molecule has 0 spiro atoms. The van der Waals surface area contributed by atoms with Gasteiger partial charge in [0.2, 0.25) is 0 Å². The van der Waals surface area contributed by atoms with Gasteiger partial charge >= 0.3 is 6.09 Å². The molecule has 0 aliphatic carbocycles. The number of fused-ring (bicyclic) bond motifs is 1. The van der Waals surface area contributed by atoms with Gasteiger partial charge in [0, 0.05) is 23.8 Å². The Balaban J connectivity index is 1.21. The molecule has 2 N–H and O–H groups in total. The van der Waals surface area contributed by atoms with E-state index >= 15 is 0 Å². The topological polar surface area (TPSA) is 123 Å². The van der Waals surface area contributed by atoms with Crippen LogP contribution in [-0.2, 0) is 15.7 Å². The number of nitrogens with zero attached hydrogens (tertiary/aromatic N) is 3. The summed E-state index contributed by atoms with van der Waals surface area (Å²) in [5, 5.41) is 3.44. The summed E-state index contributed by atoms with van der Waals surface area (Å²) >= 11 is 0. The maximum atomic E-state index is 13.0. The number of anilines is 2. The van der Waals surface area contributed by atoms with Crippen LogP contribution in [0.4, 0.5) is 16.3 Å². The Kier molecular flexibility index (Phi) is 6.95. The molecule has 1 atom stereocenters. The Labute approximate surface area is 215 Å². The molecule has 2 amide bonds. The number of hydrogen-bond donors (Lipinski definition) is 2. The molecule has 1 aliphatic rings. The number of hydrogen-bond acceptors (Lipinski definition) is 7. The predicted octanol–water partition coefficient (Wildman–Crippen LogP) is 3.85. The third-order valence-electron chi connectivity index (χ3n) is 5.74. The van der Waals surface area contributed by atoms with Gasteiger partial charge in [-0.3, -0.25) is 15.1 Å². The fourth-order valence-corrected chi connectivity index (χ4v) is 4.89. The average Bonchev–Trinajstić information content (AvgIpc) is 2.90. The van der Waals surface area contributed by atoms with E-state index in [1.54, 1.807) is 59.8 Å². The van der Waals surface area contributed by atoms with E-state index in [-0.39, 0.29) is 19.0 Å². The van der Waals surface area contributed by atoms with Gasteiger partial charge in [-0.1, -0.05) is 24.3 Å². The monoisotopic (exact) mass is 517 g/mol. The van der Waals surface area contributed by atoms with Crippen molar-refractivity contribution in [1.82, 2.24) is 14.9 Å². The molecule has 5 rings (SSSR count). The van der Waals surface area contributed by atoms with Crippen molar-refractivity contribution in [2.75, 3.05) is 30.2 Å². The van der Waals surface area contributed by atoms with Crippen LogP contribution in [0.1, 0.15) is 10.4 Å². The minimum Gasteiger partial charge on any atom is -0.496 e. The number of nitrogens with one attached hydrogen (secondary N) is 2. The van der Waals surface area contributed by atoms with Crippen molar-refractivity contribution in [3.63, 3.8) is 0 Å². The quantitative estimate of drug-likeness (QED) is 0.382. The number of rotatable bonds is 7. The van der Waals surface area contributed by atoms with Crippen molar-refractivity contribution < 1.29 is 23.3 Å². The first-order chi connectivity index (χ1) is 18.0. The van der Waals surface area contributed by atoms with Crippen LogP contribution < -0.4 is 14.8 Å². The molecule has 0 radical (unpaired) electrons. The molecule has 1 fully saturated rings. The molecular weight excluding hydrogens is 494 g/mol. The molecule has 0 saturated carbocycles. The molecule has 1 saturated heterocycles. The predicted molar refractivity (Wildman–Crippen MR) is 139 cm³/mol. The summed E-state index contributed by atoms with van der Waals surface area (Å²) in [6, 6.07) is 19.3. The van der Waals surface area contributed by atoms with Crippen LogP contribution in [0.25, 0.3) is 10.9 Å². The fourth-order valence-electron chi connectivity index (χ4n) is 3.89. The van der Waals surface area contributed by atoms with E-state index in [2.05, 4.69) is 20.0 Å². The van der Waals surface area contributed by atoms with Gasteiger partial charge in [0.05, 0.1) is 41.9 Å². The van der Waals surface area contributed by atoms with Crippen molar-refractivity contribution >= 4 is 45.4 Å². The van der Waals surface area contributed by atoms with Gasteiger partial charge in [-0.15, -0.1) is 0 Å². The number of para-hydroxylation sites is 1. The van der Waals surface area contributed by atoms with E-state index in [0.29, 0.717) is 33.2 Å². The summed E-state index contributed by atoms with van der Waals surface area (Å²) in [7, 11) is -0.120. The molecule has 10 nitrogen and oxygen atoms in total. The summed E-state index contributed by atoms with van der Waals surface area (Å²) in [6.45, 7) is 0.519. The zero-order valence-electron chi connectivity index (χ0n) is 19.8. The zero-order chi connectivity index (χ0) is 25.8. The summed E-state index contributed by atoms with van der Waals surface area (Å²) in [5.41, 5.74) is 1.52. The van der Waals surface area contributed by atoms with Crippen LogP contribution in [0, 0.1) is 0 Å². The minimum absolute atomic E-state index is 0.257. The highest BCUT2D eigenvalue weighted by Crippen LogP contribution is 2.28. The Morgan fingerprint density at radius 2 is 1.81 bits per heavy atom. The van der Waals surface area contributed by atoms with Crippen molar-refractivity contribution in [2.24, 2.45) is 0 Å². The van der Waals surface area contributed by atoms with Gasteiger partial charge in [-0.2, -0.15) is 0 Å². The standard InChI is InChI=1S/C26H23N5O5S/c1-35-21-14-18(30-37(34)22-8-4-6-17-7-5-13-28-24(17)22)10-11-20(21)25(32)31-15-19(16-31)36-26(33)29-23-9-2-3-12-27-23/h2-14,19,30H,15-16H2,1H3,(H,27,29,33). The Morgan fingerprint density at radius 1 is 1.00 bits per heavy atom. The molecule has 2 aromatic carbocycles. The summed E-state index contributed by atoms with van der Waals surface area (Å²) in [6.07, 6.45) is 2.17. The van der Waals surface area contributed by atoms with E-state index in [9.17, 15) is 13.8 Å². The second-order valence-electron chi connectivity index (χ2n) is 8.19. The highest BCUT2D eigenvalue weighted by molar-refractivity contribution is 7.86. The van der Waals surface area contributed by atoms with E-state index < -0.39 is 23.2 Å². The normalized spacial score (nSPS) is 13.9. The first-order valence-corrected chi connectivity index (χ1v) is 12.5. The van der Waals surface area contributed by atoms with E-state index in [1.807, 2.05) is 24.3 Å². The van der Waals surface area contributed by atoms with Crippen LogP contribution in [0.2, 0.25) is 0 Å². The number of methoxy groups -OCH3 is 1. The minimum atomic E-state index is -1.58. The number of benzene rings is 2. The van der Waals surface area contributed by atoms with Gasteiger partial charge in [-0.05, 0) is 36.4 Å². The Hall–Kier alpha value is -4.51. The number of amides is 2. The zero-order valence-corrected chi connectivity index (χ0v) is 20.6. The number of aromatic nitrogens is 2. The lowest BCUT2D eigenvalue weighted by molar-refractivity contribution is -0.00223. The van der Waals surface area contributed by atoms with Crippen molar-refractivity contribution in [1.29, 1.82) is 0 Å². The highest BCUT2D eigenvalue weighted by Gasteiger charge is 2.35. The van der Waals surface area contributed by atoms with E-state index in [1.165, 1.54) is 7.11 Å². The second-order valence-corrected chi connectivity index (χ2v) is 9.38. The average molecular weight is 518 g/mol. The maximum Gasteiger partial charge on any atom is 0.413 e. The van der Waals surface area contributed by atoms with Gasteiger partial charge in [-0.25, -0.2) is 14.0 Å². The summed E-state index contributed by atoms with van der Waals surface area (Å²) in [4.78, 5) is 35.5. The first kappa shape index (κ1) is 24.2. The lowest BCUT2D eigenvalue weighted by atomic mass is 10.1. The smallest absolute Gasteiger partial charge is 0.413 e. The highest BCUT2D eigenvalue weighted by atomic mass is 32.2. The third kappa shape index (κ3) is 5.36. The van der Waals surface area contributed by atoms with Gasteiger partial charge < -0.3 is 19.1 Å². The number of carbonyl (C=O) groups excluding carboxylic acids is 2. The molecule has 1 aliphatic heterocycles. The van der Waals surface area contributed by atoms with Crippen LogP contribution in [0.3, 0.4) is 0 Å². The van der Waals surface area contributed by atoms with Crippen molar-refractivity contribution in [3.05, 3.63) is 84.7 Å². The maximum absolute atomic E-state index is 13.0. The molecule has 188 valence electrons. The number of likely N-dealkylation sites (tertiary alicyclic amines) is 1. The van der Waals surface area contributed by atoms with Crippen molar-refractivity contribution in [3.8, 4) is 5.75 Å². The number of pyridine rings is 2. The molecule has 2 aromatic heterocycles. The fraction of sp³-hybridized carbons (Fsp3) is 0.154. The van der Waals surface area contributed by atoms with Crippen LogP contribution in [0.15, 0.2) is 84.0 Å². The first-order valence-electron chi connectivity index (χ1n) is 11.4. The molecule has 3 heterocycles. The number of ether oxygens (including phenoxy) is 2. The van der Waals surface area contributed by atoms with Gasteiger partial charge in [0.25, 0.3) is 5.91 Å². The summed E-state index contributed by atoms with van der Waals surface area (Å²) in [5.74, 6) is 0.462. The molecular formula is C26H23N5O5S. The lowest BCUT2D eigenvalue weighted by Gasteiger charge is -2.38. The SMILES string of the molecule is COc1cc(NS(=O)c2cccc3cccnc23)ccc1C(=O)N1CC(OC(=O)Nc2ccccn2)C1. The number of carbonyl (C=O) groups is 2. The van der Waals surface area contributed by atoms with Crippen LogP contribution in [-0.4, -0.2) is 57.4 Å². The Bertz CT molecular complexity index is 1470. The largest absolute Gasteiger partial charge is 0.496 e. The molecule has 0 bridgehead atoms. The van der Waals surface area contributed by atoms with E-state index in [0.717, 1.165) is 5.39 Å². The third-order valence-corrected chi connectivity index (χ3v) is 6.89. The lowest BCUT2D eigenvalue weighted by Crippen LogP contribution is -2.55. The van der Waals surface area contributed by atoms with Crippen molar-refractivity contribution in [2.45, 2.75) is 11.0 Å². The van der Waals surface area contributed by atoms with Crippen LogP contribution >= 0.6 is 0 Å². The van der Waals surface area contributed by atoms with Gasteiger partial charge in [0.1, 0.15) is 17.7 Å². The van der Waals surface area contributed by atoms with Crippen LogP contribution in [0.5, 0.6) is 5.75 Å². The van der Waals surface area contributed by atoms with Gasteiger partial charge in [0.15, 0.2) is 11.0 Å². The molecule has 37 heavy (non-hydrogen) atoms. The second kappa shape index (κ2) is 10.6. The Morgan fingerprint density at radius 3 is 2.59 bits per heavy atom. The molecule has 4 aromatic rings. The molecule has 11 heteroatoms. The molecule has 1 unspecified atom stereocenters. The van der Waals surface area contributed by atoms with E-state index in [4.69, 9.17) is 9.47 Å².